The Balaban J connectivity index is 1.57. The van der Waals surface area contributed by atoms with Crippen LogP contribution in [0.4, 0.5) is 11.4 Å². The molecule has 0 saturated carbocycles. The second-order valence-electron chi connectivity index (χ2n) is 7.02. The van der Waals surface area contributed by atoms with Gasteiger partial charge in [0, 0.05) is 4.88 Å². The van der Waals surface area contributed by atoms with Crippen molar-refractivity contribution in [1.29, 1.82) is 0 Å². The Morgan fingerprint density at radius 1 is 0.893 bits per heavy atom. The summed E-state index contributed by atoms with van der Waals surface area (Å²) in [7, 11) is 0. The molecule has 2 fully saturated rings. The number of fused-ring (bicyclic) bond motifs is 1. The van der Waals surface area contributed by atoms with Gasteiger partial charge in [-0.3, -0.25) is 14.4 Å². The van der Waals surface area contributed by atoms with Crippen molar-refractivity contribution in [2.45, 2.75) is 19.1 Å². The number of para-hydroxylation sites is 1. The van der Waals surface area contributed by atoms with E-state index in [1.54, 1.807) is 22.5 Å². The first-order valence-corrected chi connectivity index (χ1v) is 10.0. The average molecular weight is 390 g/mol. The maximum absolute atomic E-state index is 13.4. The summed E-state index contributed by atoms with van der Waals surface area (Å²) in [5.74, 6) is -1.09. The fourth-order valence-electron chi connectivity index (χ4n) is 3.98. The van der Waals surface area contributed by atoms with Crippen molar-refractivity contribution in [3.05, 3.63) is 82.6 Å². The lowest BCUT2D eigenvalue weighted by molar-refractivity contribution is -0.126. The van der Waals surface area contributed by atoms with Gasteiger partial charge in [0.25, 0.3) is 5.91 Å². The molecule has 0 unspecified atom stereocenters. The highest BCUT2D eigenvalue weighted by molar-refractivity contribution is 7.10. The third kappa shape index (κ3) is 2.57. The van der Waals surface area contributed by atoms with Crippen molar-refractivity contribution in [2.24, 2.45) is 5.92 Å². The fourth-order valence-corrected chi connectivity index (χ4v) is 4.84. The van der Waals surface area contributed by atoms with Gasteiger partial charge in [-0.15, -0.1) is 11.3 Å². The predicted molar refractivity (Wildman–Crippen MR) is 108 cm³/mol. The molecule has 1 aromatic heterocycles. The molecule has 3 atom stereocenters. The topological polar surface area (TPSA) is 49.9 Å². The van der Waals surface area contributed by atoms with Crippen LogP contribution in [0.2, 0.25) is 0 Å². The highest BCUT2D eigenvalue weighted by atomic mass is 32.1. The zero-order chi connectivity index (χ0) is 19.3. The molecule has 3 heterocycles. The van der Waals surface area contributed by atoms with E-state index in [-0.39, 0.29) is 17.9 Å². The van der Waals surface area contributed by atoms with Crippen LogP contribution in [0.25, 0.3) is 0 Å². The zero-order valence-corrected chi connectivity index (χ0v) is 16.0. The maximum atomic E-state index is 13.4. The Morgan fingerprint density at radius 2 is 1.68 bits per heavy atom. The SMILES string of the molecule is Cc1cccc(N2C(=O)[C@@H]3[C@H](ON(c4ccccc4)[C@H]3c3cccs3)C2=O)c1. The first-order chi connectivity index (χ1) is 13.6. The quantitative estimate of drug-likeness (QED) is 0.632. The summed E-state index contributed by atoms with van der Waals surface area (Å²) < 4.78 is 0. The molecule has 2 aliphatic rings. The average Bonchev–Trinajstić information content (AvgIpc) is 3.40. The van der Waals surface area contributed by atoms with Gasteiger partial charge in [-0.05, 0) is 48.2 Å². The van der Waals surface area contributed by atoms with Gasteiger partial charge in [-0.1, -0.05) is 36.4 Å². The fraction of sp³-hybridized carbons (Fsp3) is 0.182. The normalized spacial score (nSPS) is 24.1. The van der Waals surface area contributed by atoms with E-state index in [4.69, 9.17) is 4.84 Å². The zero-order valence-electron chi connectivity index (χ0n) is 15.2. The van der Waals surface area contributed by atoms with Crippen LogP contribution in [0, 0.1) is 12.8 Å². The molecule has 0 bridgehead atoms. The third-order valence-corrected chi connectivity index (χ3v) is 6.16. The number of thiophene rings is 1. The number of nitrogens with zero attached hydrogens (tertiary/aromatic N) is 2. The molecule has 3 aromatic rings. The molecule has 2 saturated heterocycles. The van der Waals surface area contributed by atoms with Gasteiger partial charge in [-0.25, -0.2) is 9.96 Å². The van der Waals surface area contributed by atoms with E-state index in [1.807, 2.05) is 73.0 Å². The summed E-state index contributed by atoms with van der Waals surface area (Å²) in [4.78, 5) is 34.9. The van der Waals surface area contributed by atoms with E-state index >= 15 is 0 Å². The third-order valence-electron chi connectivity index (χ3n) is 5.22. The molecular weight excluding hydrogens is 372 g/mol. The van der Waals surface area contributed by atoms with Crippen molar-refractivity contribution in [2.75, 3.05) is 9.96 Å². The number of aryl methyl sites for hydroxylation is 1. The van der Waals surface area contributed by atoms with E-state index in [0.29, 0.717) is 5.69 Å². The molecular formula is C22H18N2O3S. The van der Waals surface area contributed by atoms with Crippen LogP contribution < -0.4 is 9.96 Å². The van der Waals surface area contributed by atoms with Crippen molar-refractivity contribution >= 4 is 34.5 Å². The van der Waals surface area contributed by atoms with E-state index in [9.17, 15) is 9.59 Å². The minimum absolute atomic E-state index is 0.211. The van der Waals surface area contributed by atoms with E-state index in [0.717, 1.165) is 16.1 Å². The van der Waals surface area contributed by atoms with Crippen molar-refractivity contribution in [3.63, 3.8) is 0 Å². The first-order valence-electron chi connectivity index (χ1n) is 9.14. The standard InChI is InChI=1S/C22H18N2O3S/c1-14-7-5-10-16(13-14)23-21(25)18-19(17-11-6-12-28-17)24(27-20(18)22(23)26)15-8-3-2-4-9-15/h2-13,18-20H,1H3/t18-,19-,20-/m0/s1. The highest BCUT2D eigenvalue weighted by Crippen LogP contribution is 2.48. The van der Waals surface area contributed by atoms with Gasteiger partial charge in [0.2, 0.25) is 5.91 Å². The maximum Gasteiger partial charge on any atom is 0.266 e. The molecule has 28 heavy (non-hydrogen) atoms. The Hall–Kier alpha value is -2.96. The van der Waals surface area contributed by atoms with Crippen molar-refractivity contribution < 1.29 is 14.4 Å². The number of rotatable bonds is 3. The Morgan fingerprint density at radius 3 is 2.39 bits per heavy atom. The molecule has 0 aliphatic carbocycles. The molecule has 2 aliphatic heterocycles. The van der Waals surface area contributed by atoms with Crippen LogP contribution in [0.15, 0.2) is 72.1 Å². The summed E-state index contributed by atoms with van der Waals surface area (Å²) in [6.45, 7) is 1.94. The number of hydroxylamine groups is 1. The second kappa shape index (κ2) is 6.58. The van der Waals surface area contributed by atoms with Crippen LogP contribution in [0.1, 0.15) is 16.5 Å². The summed E-state index contributed by atoms with van der Waals surface area (Å²) >= 11 is 1.57. The van der Waals surface area contributed by atoms with E-state index < -0.39 is 12.0 Å². The smallest absolute Gasteiger partial charge is 0.266 e. The van der Waals surface area contributed by atoms with Gasteiger partial charge in [0.15, 0.2) is 6.10 Å². The Bertz CT molecular complexity index is 1030. The van der Waals surface area contributed by atoms with Crippen molar-refractivity contribution in [1.82, 2.24) is 0 Å². The molecule has 2 amide bonds. The van der Waals surface area contributed by atoms with E-state index in [2.05, 4.69) is 0 Å². The number of hydrogen-bond donors (Lipinski definition) is 0. The Kier molecular flexibility index (Phi) is 4.03. The largest absolute Gasteiger partial charge is 0.273 e. The number of hydrogen-bond acceptors (Lipinski definition) is 5. The summed E-state index contributed by atoms with van der Waals surface area (Å²) in [6.07, 6.45) is -0.819. The lowest BCUT2D eigenvalue weighted by Crippen LogP contribution is -2.37. The number of carbonyl (C=O) groups excluding carboxylic acids is 2. The minimum atomic E-state index is -0.819. The molecule has 0 N–H and O–H groups in total. The lowest BCUT2D eigenvalue weighted by Gasteiger charge is -2.27. The van der Waals surface area contributed by atoms with Crippen molar-refractivity contribution in [3.8, 4) is 0 Å². The van der Waals surface area contributed by atoms with Crippen LogP contribution >= 0.6 is 11.3 Å². The highest BCUT2D eigenvalue weighted by Gasteiger charge is 2.60. The van der Waals surface area contributed by atoms with Gasteiger partial charge in [0.1, 0.15) is 12.0 Å². The molecule has 5 rings (SSSR count). The molecule has 140 valence electrons. The number of amides is 2. The number of carbonyl (C=O) groups is 2. The summed E-state index contributed by atoms with van der Waals surface area (Å²) in [5.41, 5.74) is 2.43. The van der Waals surface area contributed by atoms with Crippen LogP contribution in [0.5, 0.6) is 0 Å². The summed E-state index contributed by atoms with van der Waals surface area (Å²) in [5, 5.41) is 3.70. The second-order valence-corrected chi connectivity index (χ2v) is 8.00. The first kappa shape index (κ1) is 17.2. The van der Waals surface area contributed by atoms with E-state index in [1.165, 1.54) is 4.90 Å². The lowest BCUT2D eigenvalue weighted by atomic mass is 9.95. The molecule has 0 spiro atoms. The molecule has 2 aromatic carbocycles. The number of benzene rings is 2. The summed E-state index contributed by atoms with van der Waals surface area (Å²) in [6, 6.07) is 20.7. The molecule has 5 nitrogen and oxygen atoms in total. The number of imide groups is 1. The predicted octanol–water partition coefficient (Wildman–Crippen LogP) is 4.11. The van der Waals surface area contributed by atoms with Gasteiger partial charge < -0.3 is 0 Å². The van der Waals surface area contributed by atoms with Gasteiger partial charge in [0.05, 0.1) is 11.4 Å². The van der Waals surface area contributed by atoms with Crippen LogP contribution in [-0.4, -0.2) is 17.9 Å². The minimum Gasteiger partial charge on any atom is -0.273 e. The van der Waals surface area contributed by atoms with Gasteiger partial charge in [-0.2, -0.15) is 0 Å². The van der Waals surface area contributed by atoms with Crippen LogP contribution in [-0.2, 0) is 14.4 Å². The Labute approximate surface area is 166 Å². The van der Waals surface area contributed by atoms with Crippen LogP contribution in [0.3, 0.4) is 0 Å². The monoisotopic (exact) mass is 390 g/mol. The van der Waals surface area contributed by atoms with Gasteiger partial charge >= 0.3 is 0 Å². The molecule has 6 heteroatoms. The molecule has 0 radical (unpaired) electrons. The number of anilines is 2.